The van der Waals surface area contributed by atoms with Crippen LogP contribution in [0.5, 0.6) is 5.75 Å². The molecule has 0 saturated heterocycles. The van der Waals surface area contributed by atoms with Crippen LogP contribution in [0, 0.1) is 5.41 Å². The molecule has 0 aliphatic carbocycles. The number of nitrogens with one attached hydrogen (secondary N) is 3. The number of nitrogens with zero attached hydrogens (tertiary/aromatic N) is 1. The lowest BCUT2D eigenvalue weighted by atomic mass is 9.89. The van der Waals surface area contributed by atoms with Crippen LogP contribution in [0.1, 0.15) is 35.4 Å². The number of ether oxygens (including phenoxy) is 1. The zero-order valence-corrected chi connectivity index (χ0v) is 23.1. The Labute approximate surface area is 240 Å². The number of aliphatic carboxylic acids is 1. The van der Waals surface area contributed by atoms with Gasteiger partial charge < -0.3 is 26.2 Å². The van der Waals surface area contributed by atoms with Crippen LogP contribution in [0.4, 0.5) is 0 Å². The second-order valence-corrected chi connectivity index (χ2v) is 9.50. The largest absolute Gasteiger partial charge is 0.497 e. The fourth-order valence-electron chi connectivity index (χ4n) is 4.54. The molecule has 0 bridgehead atoms. The second kappa shape index (κ2) is 15.8. The molecule has 0 fully saturated rings. The van der Waals surface area contributed by atoms with Gasteiger partial charge in [-0.2, -0.15) is 0 Å². The molecule has 3 aromatic rings. The summed E-state index contributed by atoms with van der Waals surface area (Å²) in [6.07, 6.45) is 1.36. The number of carbonyl (C=O) groups excluding carboxylic acids is 2. The maximum atomic E-state index is 14.0. The van der Waals surface area contributed by atoms with Gasteiger partial charge in [0, 0.05) is 6.54 Å². The van der Waals surface area contributed by atoms with Gasteiger partial charge in [0.2, 0.25) is 11.8 Å². The molecule has 3 aromatic carbocycles. The Kier molecular flexibility index (Phi) is 11.9. The van der Waals surface area contributed by atoms with E-state index < -0.39 is 36.3 Å². The van der Waals surface area contributed by atoms with Crippen LogP contribution in [0.2, 0.25) is 0 Å². The molecule has 10 heteroatoms. The number of hydrogen-bond acceptors (Lipinski definition) is 6. The molecule has 216 valence electrons. The summed E-state index contributed by atoms with van der Waals surface area (Å²) in [6, 6.07) is 24.7. The molecule has 0 saturated carbocycles. The topological polar surface area (TPSA) is 158 Å². The summed E-state index contributed by atoms with van der Waals surface area (Å²) in [6.45, 7) is -0.00221. The molecule has 0 heterocycles. The zero-order chi connectivity index (χ0) is 29.6. The third-order valence-electron chi connectivity index (χ3n) is 6.58. The van der Waals surface area contributed by atoms with E-state index in [9.17, 15) is 19.5 Å². The van der Waals surface area contributed by atoms with Gasteiger partial charge in [-0.15, -0.1) is 0 Å². The van der Waals surface area contributed by atoms with Crippen molar-refractivity contribution >= 4 is 23.7 Å². The first-order chi connectivity index (χ1) is 19.8. The fraction of sp³-hybridized carbons (Fsp3) is 0.290. The monoisotopic (exact) mass is 559 g/mol. The number of carboxylic acids is 1. The van der Waals surface area contributed by atoms with E-state index >= 15 is 0 Å². The Balaban J connectivity index is 1.86. The second-order valence-electron chi connectivity index (χ2n) is 9.50. The highest BCUT2D eigenvalue weighted by atomic mass is 16.5. The molecule has 2 amide bonds. The molecular formula is C31H37N5O5. The molecule has 0 aliphatic rings. The molecule has 10 nitrogen and oxygen atoms in total. The van der Waals surface area contributed by atoms with Crippen LogP contribution < -0.4 is 21.1 Å². The molecule has 0 spiro atoms. The normalized spacial score (nSPS) is 11.5. The number of carboxylic acid groups (broad SMARTS) is 1. The van der Waals surface area contributed by atoms with Crippen molar-refractivity contribution in [1.82, 2.24) is 15.5 Å². The maximum absolute atomic E-state index is 14.0. The molecule has 6 N–H and O–H groups in total. The number of hydrogen-bond donors (Lipinski definition) is 5. The van der Waals surface area contributed by atoms with E-state index in [1.54, 1.807) is 55.6 Å². The number of carbonyl (C=O) groups is 3. The Morgan fingerprint density at radius 1 is 0.902 bits per heavy atom. The number of rotatable bonds is 15. The van der Waals surface area contributed by atoms with E-state index in [-0.39, 0.29) is 5.96 Å². The van der Waals surface area contributed by atoms with Crippen molar-refractivity contribution in [3.8, 4) is 5.75 Å². The minimum absolute atomic E-state index is 0.184. The Bertz CT molecular complexity index is 1250. The standard InChI is InChI=1S/C31H37N5O5/c1-41-25-16-14-22(15-17-25)18-20-34-26(13-8-19-35-31(32)33)29(39)36(21-27(37)38)30(40)28(23-9-4-2-5-10-23)24-11-6-3-7-12-24/h2-7,9-12,14-17,26,28,34H,8,13,18-21H2,1H3,(H,37,38)(H4,32,33,35)/t26-/m0/s1. The third kappa shape index (κ3) is 9.47. The van der Waals surface area contributed by atoms with E-state index in [0.717, 1.165) is 16.2 Å². The number of methoxy groups -OCH3 is 1. The van der Waals surface area contributed by atoms with Crippen molar-refractivity contribution in [1.29, 1.82) is 5.41 Å². The van der Waals surface area contributed by atoms with Crippen molar-refractivity contribution in [2.75, 3.05) is 26.7 Å². The van der Waals surface area contributed by atoms with E-state index in [2.05, 4.69) is 10.6 Å². The first-order valence-electron chi connectivity index (χ1n) is 13.4. The number of guanidine groups is 1. The summed E-state index contributed by atoms with van der Waals surface area (Å²) < 4.78 is 5.20. The van der Waals surface area contributed by atoms with Gasteiger partial charge in [0.15, 0.2) is 5.96 Å². The van der Waals surface area contributed by atoms with Crippen LogP contribution in [0.25, 0.3) is 0 Å². The lowest BCUT2D eigenvalue weighted by Crippen LogP contribution is -2.52. The summed E-state index contributed by atoms with van der Waals surface area (Å²) in [5, 5.41) is 23.0. The van der Waals surface area contributed by atoms with Crippen molar-refractivity contribution in [3.05, 3.63) is 102 Å². The predicted octanol–water partition coefficient (Wildman–Crippen LogP) is 2.73. The number of amides is 2. The molecule has 0 aromatic heterocycles. The van der Waals surface area contributed by atoms with Gasteiger partial charge in [0.1, 0.15) is 12.3 Å². The quantitative estimate of drug-likeness (QED) is 0.108. The molecular weight excluding hydrogens is 522 g/mol. The minimum atomic E-state index is -1.29. The zero-order valence-electron chi connectivity index (χ0n) is 23.1. The van der Waals surface area contributed by atoms with E-state index in [1.807, 2.05) is 36.4 Å². The maximum Gasteiger partial charge on any atom is 0.323 e. The predicted molar refractivity (Wildman–Crippen MR) is 157 cm³/mol. The Hall–Kier alpha value is -4.70. The van der Waals surface area contributed by atoms with Gasteiger partial charge in [-0.25, -0.2) is 0 Å². The van der Waals surface area contributed by atoms with E-state index in [1.165, 1.54) is 0 Å². The van der Waals surface area contributed by atoms with Crippen molar-refractivity contribution in [3.63, 3.8) is 0 Å². The first-order valence-corrected chi connectivity index (χ1v) is 13.4. The van der Waals surface area contributed by atoms with Crippen LogP contribution in [-0.4, -0.2) is 66.5 Å². The van der Waals surface area contributed by atoms with Crippen LogP contribution in [0.15, 0.2) is 84.9 Å². The summed E-state index contributed by atoms with van der Waals surface area (Å²) in [4.78, 5) is 40.7. The molecule has 41 heavy (non-hydrogen) atoms. The highest BCUT2D eigenvalue weighted by Gasteiger charge is 2.35. The molecule has 1 atom stereocenters. The van der Waals surface area contributed by atoms with Gasteiger partial charge in [-0.3, -0.25) is 24.7 Å². The summed E-state index contributed by atoms with van der Waals surface area (Å²) >= 11 is 0. The highest BCUT2D eigenvalue weighted by Crippen LogP contribution is 2.27. The van der Waals surface area contributed by atoms with Gasteiger partial charge in [-0.05, 0) is 54.6 Å². The van der Waals surface area contributed by atoms with Crippen molar-refractivity contribution in [2.45, 2.75) is 31.2 Å². The first kappa shape index (κ1) is 30.8. The van der Waals surface area contributed by atoms with E-state index in [4.69, 9.17) is 15.9 Å². The van der Waals surface area contributed by atoms with Gasteiger partial charge >= 0.3 is 5.97 Å². The van der Waals surface area contributed by atoms with Gasteiger partial charge in [-0.1, -0.05) is 72.8 Å². The van der Waals surface area contributed by atoms with E-state index in [0.29, 0.717) is 43.5 Å². The summed E-state index contributed by atoms with van der Waals surface area (Å²) in [5.41, 5.74) is 7.71. The molecule has 3 rings (SSSR count). The number of nitrogens with two attached hydrogens (primary N) is 1. The molecule has 0 aliphatic heterocycles. The lowest BCUT2D eigenvalue weighted by Gasteiger charge is -2.29. The average molecular weight is 560 g/mol. The van der Waals surface area contributed by atoms with Crippen molar-refractivity contribution < 1.29 is 24.2 Å². The average Bonchev–Trinajstić information content (AvgIpc) is 2.98. The molecule has 0 unspecified atom stereocenters. The number of benzene rings is 3. The van der Waals surface area contributed by atoms with Crippen LogP contribution >= 0.6 is 0 Å². The third-order valence-corrected chi connectivity index (χ3v) is 6.58. The Morgan fingerprint density at radius 3 is 2.00 bits per heavy atom. The Morgan fingerprint density at radius 2 is 1.49 bits per heavy atom. The van der Waals surface area contributed by atoms with Crippen LogP contribution in [-0.2, 0) is 20.8 Å². The van der Waals surface area contributed by atoms with Gasteiger partial charge in [0.25, 0.3) is 0 Å². The summed E-state index contributed by atoms with van der Waals surface area (Å²) in [7, 11) is 1.60. The fourth-order valence-corrected chi connectivity index (χ4v) is 4.54. The summed E-state index contributed by atoms with van der Waals surface area (Å²) in [5.74, 6) is -2.83. The SMILES string of the molecule is COc1ccc(CCN[C@@H](CCCNC(=N)N)C(=O)N(CC(=O)O)C(=O)C(c2ccccc2)c2ccccc2)cc1. The highest BCUT2D eigenvalue weighted by molar-refractivity contribution is 6.04. The van der Waals surface area contributed by atoms with Gasteiger partial charge in [0.05, 0.1) is 19.1 Å². The minimum Gasteiger partial charge on any atom is -0.497 e. The van der Waals surface area contributed by atoms with Crippen LogP contribution in [0.3, 0.4) is 0 Å². The molecule has 0 radical (unpaired) electrons. The van der Waals surface area contributed by atoms with Crippen molar-refractivity contribution in [2.24, 2.45) is 5.73 Å². The number of imide groups is 1. The lowest BCUT2D eigenvalue weighted by molar-refractivity contribution is -0.154. The smallest absolute Gasteiger partial charge is 0.323 e.